The van der Waals surface area contributed by atoms with E-state index >= 15 is 0 Å². The van der Waals surface area contributed by atoms with E-state index in [1.54, 1.807) is 26.2 Å². The van der Waals surface area contributed by atoms with Crippen molar-refractivity contribution in [1.82, 2.24) is 4.90 Å². The summed E-state index contributed by atoms with van der Waals surface area (Å²) in [6.45, 7) is 2.81. The van der Waals surface area contributed by atoms with E-state index in [-0.39, 0.29) is 23.4 Å². The van der Waals surface area contributed by atoms with E-state index in [2.05, 4.69) is 17.2 Å². The van der Waals surface area contributed by atoms with Crippen molar-refractivity contribution in [3.63, 3.8) is 0 Å². The number of ether oxygens (including phenoxy) is 1. The van der Waals surface area contributed by atoms with Gasteiger partial charge in [-0.3, -0.25) is 4.99 Å². The quantitative estimate of drug-likeness (QED) is 0.666. The number of likely N-dealkylation sites (N-methyl/N-ethyl adjacent to an activating group) is 1. The van der Waals surface area contributed by atoms with Crippen molar-refractivity contribution in [2.75, 3.05) is 33.1 Å². The molecule has 7 heteroatoms. The molecule has 0 radical (unpaired) electrons. The summed E-state index contributed by atoms with van der Waals surface area (Å²) in [5.41, 5.74) is 6.16. The molecule has 0 bridgehead atoms. The number of fused-ring (bicyclic) bond motifs is 3. The van der Waals surface area contributed by atoms with Crippen molar-refractivity contribution < 1.29 is 17.5 Å². The lowest BCUT2D eigenvalue weighted by Gasteiger charge is -2.26. The van der Waals surface area contributed by atoms with Gasteiger partial charge in [0, 0.05) is 49.4 Å². The van der Waals surface area contributed by atoms with Gasteiger partial charge < -0.3 is 9.64 Å². The first-order valence-electron chi connectivity index (χ1n) is 10.6. The zero-order valence-corrected chi connectivity index (χ0v) is 19.3. The van der Waals surface area contributed by atoms with Crippen molar-refractivity contribution in [3.8, 4) is 0 Å². The summed E-state index contributed by atoms with van der Waals surface area (Å²) in [7, 11) is 0.479. The van der Waals surface area contributed by atoms with Crippen LogP contribution in [0.3, 0.4) is 0 Å². The lowest BCUT2D eigenvalue weighted by atomic mass is 9.87. The van der Waals surface area contributed by atoms with Crippen LogP contribution in [0.15, 0.2) is 65.3 Å². The average molecular weight is 455 g/mol. The minimum Gasteiger partial charge on any atom is -0.382 e. The molecule has 5 nitrogen and oxygen atoms in total. The Labute approximate surface area is 188 Å². The lowest BCUT2D eigenvalue weighted by Crippen LogP contribution is -2.23. The largest absolute Gasteiger partial charge is 0.382 e. The average Bonchev–Trinajstić information content (AvgIpc) is 2.89. The first-order chi connectivity index (χ1) is 15.3. The molecular formula is C25H27FN2O3S. The smallest absolute Gasteiger partial charge is 0.154 e. The highest BCUT2D eigenvalue weighted by atomic mass is 32.2. The van der Waals surface area contributed by atoms with Gasteiger partial charge in [-0.1, -0.05) is 25.1 Å². The van der Waals surface area contributed by atoms with Crippen LogP contribution < -0.4 is 0 Å². The van der Waals surface area contributed by atoms with Gasteiger partial charge in [-0.05, 0) is 47.0 Å². The van der Waals surface area contributed by atoms with Gasteiger partial charge in [0.1, 0.15) is 5.82 Å². The second-order valence-corrected chi connectivity index (χ2v) is 10.5. The van der Waals surface area contributed by atoms with Crippen LogP contribution in [-0.4, -0.2) is 58.1 Å². The van der Waals surface area contributed by atoms with Crippen molar-refractivity contribution in [2.45, 2.75) is 18.7 Å². The molecule has 2 aliphatic heterocycles. The van der Waals surface area contributed by atoms with Gasteiger partial charge in [-0.25, -0.2) is 12.8 Å². The Morgan fingerprint density at radius 1 is 1.16 bits per heavy atom. The summed E-state index contributed by atoms with van der Waals surface area (Å²) in [6, 6.07) is 11.8. The molecule has 32 heavy (non-hydrogen) atoms. The van der Waals surface area contributed by atoms with E-state index in [9.17, 15) is 12.8 Å². The van der Waals surface area contributed by atoms with E-state index in [0.717, 1.165) is 45.7 Å². The Kier molecular flexibility index (Phi) is 6.31. The highest BCUT2D eigenvalue weighted by molar-refractivity contribution is 7.90. The third-order valence-electron chi connectivity index (χ3n) is 5.80. The third kappa shape index (κ3) is 4.54. The number of sulfone groups is 1. The molecule has 0 saturated heterocycles. The number of methoxy groups -OCH3 is 1. The Hall–Kier alpha value is -2.77. The summed E-state index contributed by atoms with van der Waals surface area (Å²) >= 11 is 0. The van der Waals surface area contributed by atoms with Crippen LogP contribution in [-0.2, 0) is 20.3 Å². The second kappa shape index (κ2) is 9.00. The van der Waals surface area contributed by atoms with Crippen molar-refractivity contribution >= 4 is 21.1 Å². The van der Waals surface area contributed by atoms with Crippen LogP contribution in [0.5, 0.6) is 0 Å². The SMILES string of the molecule is CCS(=O)(=O)Cc1ccc2c(c1)C1=CN(C)CC=C1C(COC)N=C2c1ccc(F)cc1. The molecule has 168 valence electrons. The predicted octanol–water partition coefficient (Wildman–Crippen LogP) is 3.84. The number of hydrogen-bond acceptors (Lipinski definition) is 5. The fraction of sp³-hybridized carbons (Fsp3) is 0.320. The number of rotatable bonds is 6. The topological polar surface area (TPSA) is 59.0 Å². The van der Waals surface area contributed by atoms with Gasteiger partial charge >= 0.3 is 0 Å². The minimum atomic E-state index is -3.17. The summed E-state index contributed by atoms with van der Waals surface area (Å²) in [5.74, 6) is -0.222. The first kappa shape index (κ1) is 22.4. The van der Waals surface area contributed by atoms with Gasteiger partial charge in [-0.2, -0.15) is 0 Å². The zero-order chi connectivity index (χ0) is 22.9. The fourth-order valence-corrected chi connectivity index (χ4v) is 5.02. The molecule has 0 spiro atoms. The monoisotopic (exact) mass is 454 g/mol. The highest BCUT2D eigenvalue weighted by Crippen LogP contribution is 2.37. The Morgan fingerprint density at radius 2 is 1.91 bits per heavy atom. The second-order valence-electron chi connectivity index (χ2n) is 8.15. The van der Waals surface area contributed by atoms with E-state index in [4.69, 9.17) is 9.73 Å². The maximum atomic E-state index is 13.6. The minimum absolute atomic E-state index is 0.0104. The summed E-state index contributed by atoms with van der Waals surface area (Å²) in [5, 5.41) is 0. The van der Waals surface area contributed by atoms with Crippen LogP contribution in [0.2, 0.25) is 0 Å². The third-order valence-corrected chi connectivity index (χ3v) is 7.45. The molecule has 2 aromatic carbocycles. The number of benzene rings is 2. The maximum absolute atomic E-state index is 13.6. The van der Waals surface area contributed by atoms with Gasteiger partial charge in [0.15, 0.2) is 9.84 Å². The molecule has 0 aliphatic carbocycles. The molecule has 0 fully saturated rings. The van der Waals surface area contributed by atoms with Crippen LogP contribution >= 0.6 is 0 Å². The molecule has 2 aliphatic rings. The van der Waals surface area contributed by atoms with Crippen LogP contribution in [0.4, 0.5) is 4.39 Å². The normalized spacial score (nSPS) is 18.2. The summed E-state index contributed by atoms with van der Waals surface area (Å²) < 4.78 is 43.7. The molecule has 0 saturated carbocycles. The number of aliphatic imine (C=N–C) groups is 1. The molecule has 1 unspecified atom stereocenters. The molecule has 2 aromatic rings. The molecule has 4 rings (SSSR count). The van der Waals surface area contributed by atoms with Gasteiger partial charge in [0.05, 0.1) is 24.1 Å². The zero-order valence-electron chi connectivity index (χ0n) is 18.5. The van der Waals surface area contributed by atoms with Gasteiger partial charge in [-0.15, -0.1) is 0 Å². The number of halogens is 1. The van der Waals surface area contributed by atoms with Crippen molar-refractivity contribution in [2.24, 2.45) is 4.99 Å². The molecule has 2 heterocycles. The molecular weight excluding hydrogens is 427 g/mol. The summed E-state index contributed by atoms with van der Waals surface area (Å²) in [4.78, 5) is 7.15. The van der Waals surface area contributed by atoms with Crippen molar-refractivity contribution in [1.29, 1.82) is 0 Å². The standard InChI is InChI=1S/C25H27FN2O3S/c1-4-32(29,30)16-17-5-10-21-22(13-17)23-14-28(2)12-11-20(23)24(15-31-3)27-25(21)18-6-8-19(26)9-7-18/h5-11,13-14,24H,4,12,15-16H2,1-3H3. The molecule has 0 N–H and O–H groups in total. The number of nitrogens with zero attached hydrogens (tertiary/aromatic N) is 2. The van der Waals surface area contributed by atoms with E-state index in [1.165, 1.54) is 12.1 Å². The van der Waals surface area contributed by atoms with E-state index in [1.807, 2.05) is 25.2 Å². The van der Waals surface area contributed by atoms with Crippen LogP contribution in [0.25, 0.3) is 5.57 Å². The Morgan fingerprint density at radius 3 is 2.59 bits per heavy atom. The fourth-order valence-electron chi connectivity index (χ4n) is 4.12. The van der Waals surface area contributed by atoms with Crippen LogP contribution in [0, 0.1) is 5.82 Å². The Bertz CT molecular complexity index is 1210. The first-order valence-corrected chi connectivity index (χ1v) is 12.4. The van der Waals surface area contributed by atoms with Crippen LogP contribution in [0.1, 0.15) is 29.2 Å². The highest BCUT2D eigenvalue weighted by Gasteiger charge is 2.29. The Balaban J connectivity index is 1.94. The van der Waals surface area contributed by atoms with E-state index in [0.29, 0.717) is 6.61 Å². The van der Waals surface area contributed by atoms with Gasteiger partial charge in [0.2, 0.25) is 0 Å². The maximum Gasteiger partial charge on any atom is 0.154 e. The predicted molar refractivity (Wildman–Crippen MR) is 126 cm³/mol. The molecule has 1 atom stereocenters. The molecule has 0 aromatic heterocycles. The van der Waals surface area contributed by atoms with Gasteiger partial charge in [0.25, 0.3) is 0 Å². The van der Waals surface area contributed by atoms with E-state index < -0.39 is 9.84 Å². The lowest BCUT2D eigenvalue weighted by molar-refractivity contribution is 0.190. The number of hydrogen-bond donors (Lipinski definition) is 0. The summed E-state index contributed by atoms with van der Waals surface area (Å²) in [6.07, 6.45) is 4.23. The molecule has 0 amide bonds. The van der Waals surface area contributed by atoms with Crippen molar-refractivity contribution in [3.05, 3.63) is 88.4 Å².